The molecule has 1 aliphatic carbocycles. The van der Waals surface area contributed by atoms with Crippen molar-refractivity contribution in [3.63, 3.8) is 0 Å². The van der Waals surface area contributed by atoms with Crippen LogP contribution in [0.15, 0.2) is 18.2 Å². The van der Waals surface area contributed by atoms with E-state index in [-0.39, 0.29) is 5.82 Å². The third kappa shape index (κ3) is 3.11. The van der Waals surface area contributed by atoms with Crippen LogP contribution >= 0.6 is 0 Å². The lowest BCUT2D eigenvalue weighted by atomic mass is 9.89. The SMILES string of the molecule is CCCNC(c1cc(F)ccc1C)C1CCCC1. The maximum Gasteiger partial charge on any atom is 0.123 e. The van der Waals surface area contributed by atoms with Gasteiger partial charge in [0.05, 0.1) is 0 Å². The minimum atomic E-state index is -0.114. The highest BCUT2D eigenvalue weighted by atomic mass is 19.1. The second kappa shape index (κ2) is 6.33. The molecule has 0 bridgehead atoms. The summed E-state index contributed by atoms with van der Waals surface area (Å²) in [6.07, 6.45) is 6.32. The van der Waals surface area contributed by atoms with Crippen LogP contribution in [0.2, 0.25) is 0 Å². The Bertz CT molecular complexity index is 383. The first-order valence-corrected chi connectivity index (χ1v) is 7.21. The van der Waals surface area contributed by atoms with Gasteiger partial charge in [-0.25, -0.2) is 4.39 Å². The first-order valence-electron chi connectivity index (χ1n) is 7.21. The molecule has 1 fully saturated rings. The number of benzene rings is 1. The maximum atomic E-state index is 13.5. The van der Waals surface area contributed by atoms with Gasteiger partial charge in [-0.15, -0.1) is 0 Å². The Morgan fingerprint density at radius 3 is 2.72 bits per heavy atom. The van der Waals surface area contributed by atoms with Crippen LogP contribution in [0.4, 0.5) is 4.39 Å². The summed E-state index contributed by atoms with van der Waals surface area (Å²) < 4.78 is 13.5. The first kappa shape index (κ1) is 13.5. The second-order valence-corrected chi connectivity index (χ2v) is 5.48. The third-order valence-corrected chi connectivity index (χ3v) is 4.06. The molecule has 1 atom stereocenters. The van der Waals surface area contributed by atoms with Crippen molar-refractivity contribution in [1.82, 2.24) is 5.32 Å². The standard InChI is InChI=1S/C16H24FN/c1-3-10-18-16(13-6-4-5-7-13)15-11-14(17)9-8-12(15)2/h8-9,11,13,16,18H,3-7,10H2,1-2H3. The number of aryl methyl sites for hydroxylation is 1. The first-order chi connectivity index (χ1) is 8.72. The Kier molecular flexibility index (Phi) is 4.76. The zero-order valence-corrected chi connectivity index (χ0v) is 11.5. The summed E-state index contributed by atoms with van der Waals surface area (Å²) in [4.78, 5) is 0. The minimum absolute atomic E-state index is 0.114. The molecule has 0 spiro atoms. The van der Waals surface area contributed by atoms with Crippen LogP contribution in [0.5, 0.6) is 0 Å². The molecule has 2 rings (SSSR count). The lowest BCUT2D eigenvalue weighted by Crippen LogP contribution is -2.28. The van der Waals surface area contributed by atoms with Gasteiger partial charge in [0, 0.05) is 6.04 Å². The molecule has 1 saturated carbocycles. The quantitative estimate of drug-likeness (QED) is 0.817. The lowest BCUT2D eigenvalue weighted by molar-refractivity contribution is 0.366. The van der Waals surface area contributed by atoms with E-state index in [1.54, 1.807) is 12.1 Å². The number of halogens is 1. The topological polar surface area (TPSA) is 12.0 Å². The molecular weight excluding hydrogens is 225 g/mol. The molecule has 100 valence electrons. The van der Waals surface area contributed by atoms with Crippen molar-refractivity contribution < 1.29 is 4.39 Å². The fraction of sp³-hybridized carbons (Fsp3) is 0.625. The van der Waals surface area contributed by atoms with E-state index in [1.807, 2.05) is 6.07 Å². The van der Waals surface area contributed by atoms with Crippen LogP contribution < -0.4 is 5.32 Å². The molecule has 1 nitrogen and oxygen atoms in total. The third-order valence-electron chi connectivity index (χ3n) is 4.06. The smallest absolute Gasteiger partial charge is 0.123 e. The van der Waals surface area contributed by atoms with Crippen molar-refractivity contribution in [1.29, 1.82) is 0 Å². The molecule has 0 saturated heterocycles. The predicted octanol–water partition coefficient (Wildman–Crippen LogP) is 4.37. The zero-order valence-electron chi connectivity index (χ0n) is 11.5. The largest absolute Gasteiger partial charge is 0.310 e. The van der Waals surface area contributed by atoms with Gasteiger partial charge < -0.3 is 5.32 Å². The number of hydrogen-bond donors (Lipinski definition) is 1. The predicted molar refractivity (Wildman–Crippen MR) is 74.1 cm³/mol. The minimum Gasteiger partial charge on any atom is -0.310 e. The van der Waals surface area contributed by atoms with Crippen LogP contribution in [-0.4, -0.2) is 6.54 Å². The summed E-state index contributed by atoms with van der Waals surface area (Å²) in [6.45, 7) is 5.28. The lowest BCUT2D eigenvalue weighted by Gasteiger charge is -2.26. The average Bonchev–Trinajstić information content (AvgIpc) is 2.88. The maximum absolute atomic E-state index is 13.5. The van der Waals surface area contributed by atoms with Gasteiger partial charge in [0.2, 0.25) is 0 Å². The molecule has 1 aromatic rings. The Morgan fingerprint density at radius 1 is 1.33 bits per heavy atom. The van der Waals surface area contributed by atoms with Crippen LogP contribution in [0.1, 0.15) is 56.2 Å². The molecule has 0 radical (unpaired) electrons. The van der Waals surface area contributed by atoms with Gasteiger partial charge in [-0.05, 0) is 61.9 Å². The summed E-state index contributed by atoms with van der Waals surface area (Å²) in [7, 11) is 0. The van der Waals surface area contributed by atoms with Gasteiger partial charge in [-0.1, -0.05) is 25.8 Å². The second-order valence-electron chi connectivity index (χ2n) is 5.48. The van der Waals surface area contributed by atoms with E-state index < -0.39 is 0 Å². The highest BCUT2D eigenvalue weighted by molar-refractivity contribution is 5.30. The van der Waals surface area contributed by atoms with Gasteiger partial charge >= 0.3 is 0 Å². The van der Waals surface area contributed by atoms with Crippen LogP contribution in [0.25, 0.3) is 0 Å². The molecule has 0 amide bonds. The zero-order chi connectivity index (χ0) is 13.0. The van der Waals surface area contributed by atoms with Crippen molar-refractivity contribution in [2.75, 3.05) is 6.54 Å². The van der Waals surface area contributed by atoms with Crippen LogP contribution in [-0.2, 0) is 0 Å². The Hall–Kier alpha value is -0.890. The molecule has 0 heterocycles. The summed E-state index contributed by atoms with van der Waals surface area (Å²) in [6, 6.07) is 5.52. The van der Waals surface area contributed by atoms with E-state index in [0.29, 0.717) is 12.0 Å². The fourth-order valence-corrected chi connectivity index (χ4v) is 3.07. The number of rotatable bonds is 5. The normalized spacial score (nSPS) is 18.2. The van der Waals surface area contributed by atoms with E-state index in [1.165, 1.54) is 31.2 Å². The molecule has 0 aromatic heterocycles. The Morgan fingerprint density at radius 2 is 2.06 bits per heavy atom. The van der Waals surface area contributed by atoms with Gasteiger partial charge in [0.25, 0.3) is 0 Å². The van der Waals surface area contributed by atoms with E-state index in [2.05, 4.69) is 19.2 Å². The number of hydrogen-bond acceptors (Lipinski definition) is 1. The highest BCUT2D eigenvalue weighted by Crippen LogP contribution is 2.37. The average molecular weight is 249 g/mol. The van der Waals surface area contributed by atoms with Gasteiger partial charge in [-0.3, -0.25) is 0 Å². The molecule has 2 heteroatoms. The van der Waals surface area contributed by atoms with E-state index in [9.17, 15) is 4.39 Å². The van der Waals surface area contributed by atoms with Crippen molar-refractivity contribution in [3.05, 3.63) is 35.1 Å². The van der Waals surface area contributed by atoms with Crippen molar-refractivity contribution in [2.45, 2.75) is 52.0 Å². The molecule has 1 aromatic carbocycles. The summed E-state index contributed by atoms with van der Waals surface area (Å²) >= 11 is 0. The molecule has 0 aliphatic heterocycles. The van der Waals surface area contributed by atoms with Crippen molar-refractivity contribution in [2.24, 2.45) is 5.92 Å². The highest BCUT2D eigenvalue weighted by Gasteiger charge is 2.26. The Labute approximate surface area is 110 Å². The Balaban J connectivity index is 2.23. The van der Waals surface area contributed by atoms with E-state index in [4.69, 9.17) is 0 Å². The van der Waals surface area contributed by atoms with Gasteiger partial charge in [0.15, 0.2) is 0 Å². The van der Waals surface area contributed by atoms with Crippen molar-refractivity contribution >= 4 is 0 Å². The number of nitrogens with one attached hydrogen (secondary N) is 1. The summed E-state index contributed by atoms with van der Waals surface area (Å²) in [5, 5.41) is 3.63. The molecular formula is C16H24FN. The monoisotopic (exact) mass is 249 g/mol. The molecule has 1 unspecified atom stereocenters. The van der Waals surface area contributed by atoms with Crippen LogP contribution in [0.3, 0.4) is 0 Å². The molecule has 18 heavy (non-hydrogen) atoms. The molecule has 1 aliphatic rings. The summed E-state index contributed by atoms with van der Waals surface area (Å²) in [5.41, 5.74) is 2.37. The van der Waals surface area contributed by atoms with Gasteiger partial charge in [-0.2, -0.15) is 0 Å². The summed E-state index contributed by atoms with van der Waals surface area (Å²) in [5.74, 6) is 0.564. The van der Waals surface area contributed by atoms with Crippen LogP contribution in [0, 0.1) is 18.7 Å². The fourth-order valence-electron chi connectivity index (χ4n) is 3.07. The van der Waals surface area contributed by atoms with E-state index in [0.717, 1.165) is 18.5 Å². The van der Waals surface area contributed by atoms with Gasteiger partial charge in [0.1, 0.15) is 5.82 Å². The van der Waals surface area contributed by atoms with E-state index >= 15 is 0 Å². The molecule has 1 N–H and O–H groups in total. The van der Waals surface area contributed by atoms with Crippen molar-refractivity contribution in [3.8, 4) is 0 Å².